The highest BCUT2D eigenvalue weighted by molar-refractivity contribution is 9.10. The number of carboxylic acid groups (broad SMARTS) is 1. The molecule has 1 heterocycles. The van der Waals surface area contributed by atoms with Crippen LogP contribution >= 0.6 is 27.3 Å². The molecular weight excluding hydrogens is 342 g/mol. The zero-order valence-corrected chi connectivity index (χ0v) is 13.7. The van der Waals surface area contributed by atoms with Crippen molar-refractivity contribution < 1.29 is 14.6 Å². The first kappa shape index (κ1) is 15.0. The number of carbonyl (C=O) groups is 1. The Kier molecular flexibility index (Phi) is 4.45. The summed E-state index contributed by atoms with van der Waals surface area (Å²) in [6.45, 7) is 4.00. The third-order valence-corrected chi connectivity index (χ3v) is 4.78. The van der Waals surface area contributed by atoms with Gasteiger partial charge in [-0.3, -0.25) is 0 Å². The third kappa shape index (κ3) is 2.86. The average molecular weight is 356 g/mol. The van der Waals surface area contributed by atoms with E-state index in [1.807, 2.05) is 26.0 Å². The van der Waals surface area contributed by atoms with Crippen LogP contribution in [-0.2, 0) is 0 Å². The molecule has 0 unspecified atom stereocenters. The fourth-order valence-electron chi connectivity index (χ4n) is 1.73. The lowest BCUT2D eigenvalue weighted by molar-refractivity contribution is 0.0692. The van der Waals surface area contributed by atoms with Crippen molar-refractivity contribution in [3.8, 4) is 16.2 Å². The van der Waals surface area contributed by atoms with Gasteiger partial charge in [-0.2, -0.15) is 0 Å². The van der Waals surface area contributed by atoms with Gasteiger partial charge in [0.1, 0.15) is 5.75 Å². The van der Waals surface area contributed by atoms with E-state index in [2.05, 4.69) is 20.9 Å². The predicted molar refractivity (Wildman–Crippen MR) is 82.9 cm³/mol. The highest BCUT2D eigenvalue weighted by atomic mass is 79.9. The van der Waals surface area contributed by atoms with Crippen molar-refractivity contribution in [1.82, 2.24) is 4.98 Å². The summed E-state index contributed by atoms with van der Waals surface area (Å²) in [7, 11) is 1.59. The second kappa shape index (κ2) is 5.93. The van der Waals surface area contributed by atoms with Crippen LogP contribution in [0.4, 0.5) is 0 Å². The first-order chi connectivity index (χ1) is 9.43. The molecule has 0 spiro atoms. The van der Waals surface area contributed by atoms with Gasteiger partial charge < -0.3 is 9.84 Å². The van der Waals surface area contributed by atoms with Crippen LogP contribution in [0.5, 0.6) is 5.75 Å². The molecule has 0 aliphatic carbocycles. The van der Waals surface area contributed by atoms with Crippen molar-refractivity contribution >= 4 is 33.2 Å². The summed E-state index contributed by atoms with van der Waals surface area (Å²) in [4.78, 5) is 16.2. The molecule has 6 heteroatoms. The Morgan fingerprint density at radius 2 is 2.15 bits per heavy atom. The molecule has 0 aliphatic heterocycles. The SMILES string of the molecule is COc1ccc(-c2sc(C(C)C)nc2C(=O)O)cc1Br. The van der Waals surface area contributed by atoms with Gasteiger partial charge in [0.05, 0.1) is 21.5 Å². The molecule has 0 fully saturated rings. The van der Waals surface area contributed by atoms with Crippen LogP contribution in [0.3, 0.4) is 0 Å². The van der Waals surface area contributed by atoms with Gasteiger partial charge in [0.15, 0.2) is 5.69 Å². The number of rotatable bonds is 4. The largest absolute Gasteiger partial charge is 0.496 e. The van der Waals surface area contributed by atoms with Crippen LogP contribution in [-0.4, -0.2) is 23.2 Å². The molecule has 106 valence electrons. The quantitative estimate of drug-likeness (QED) is 0.882. The maximum absolute atomic E-state index is 11.3. The minimum absolute atomic E-state index is 0.107. The maximum Gasteiger partial charge on any atom is 0.356 e. The normalized spacial score (nSPS) is 10.8. The van der Waals surface area contributed by atoms with Crippen LogP contribution in [0.15, 0.2) is 22.7 Å². The third-order valence-electron chi connectivity index (χ3n) is 2.75. The lowest BCUT2D eigenvalue weighted by Crippen LogP contribution is -1.99. The van der Waals surface area contributed by atoms with E-state index in [9.17, 15) is 9.90 Å². The standard InChI is InChI=1S/C14H14BrNO3S/c1-7(2)13-16-11(14(17)18)12(20-13)8-4-5-10(19-3)9(15)6-8/h4-7H,1-3H3,(H,17,18). The number of aromatic nitrogens is 1. The Hall–Kier alpha value is -1.40. The molecule has 0 saturated carbocycles. The van der Waals surface area contributed by atoms with Crippen molar-refractivity contribution in [1.29, 1.82) is 0 Å². The Morgan fingerprint density at radius 1 is 1.45 bits per heavy atom. The molecule has 0 radical (unpaired) electrons. The van der Waals surface area contributed by atoms with E-state index < -0.39 is 5.97 Å². The van der Waals surface area contributed by atoms with Gasteiger partial charge in [0.25, 0.3) is 0 Å². The Labute approximate surface area is 129 Å². The zero-order valence-electron chi connectivity index (χ0n) is 11.3. The number of carboxylic acids is 1. The Balaban J connectivity index is 2.56. The van der Waals surface area contributed by atoms with E-state index in [0.717, 1.165) is 15.0 Å². The molecule has 2 aromatic rings. The second-order valence-corrected chi connectivity index (χ2v) is 6.42. The van der Waals surface area contributed by atoms with Crippen LogP contribution in [0, 0.1) is 0 Å². The minimum atomic E-state index is -1.00. The van der Waals surface area contributed by atoms with E-state index in [-0.39, 0.29) is 11.6 Å². The molecular formula is C14H14BrNO3S. The van der Waals surface area contributed by atoms with E-state index in [4.69, 9.17) is 4.74 Å². The number of hydrogen-bond donors (Lipinski definition) is 1. The van der Waals surface area contributed by atoms with Crippen LogP contribution in [0.25, 0.3) is 10.4 Å². The lowest BCUT2D eigenvalue weighted by atomic mass is 10.1. The number of methoxy groups -OCH3 is 1. The van der Waals surface area contributed by atoms with Crippen LogP contribution < -0.4 is 4.74 Å². The highest BCUT2D eigenvalue weighted by Crippen LogP contribution is 2.37. The van der Waals surface area contributed by atoms with Gasteiger partial charge in [-0.25, -0.2) is 9.78 Å². The summed E-state index contributed by atoms with van der Waals surface area (Å²) in [6.07, 6.45) is 0. The maximum atomic E-state index is 11.3. The minimum Gasteiger partial charge on any atom is -0.496 e. The molecule has 2 rings (SSSR count). The number of ether oxygens (including phenoxy) is 1. The van der Waals surface area contributed by atoms with E-state index >= 15 is 0 Å². The van der Waals surface area contributed by atoms with Gasteiger partial charge >= 0.3 is 5.97 Å². The topological polar surface area (TPSA) is 59.4 Å². The van der Waals surface area contributed by atoms with Crippen molar-refractivity contribution in [2.75, 3.05) is 7.11 Å². The fourth-order valence-corrected chi connectivity index (χ4v) is 3.33. The lowest BCUT2D eigenvalue weighted by Gasteiger charge is -2.05. The van der Waals surface area contributed by atoms with Gasteiger partial charge in [0, 0.05) is 5.92 Å². The van der Waals surface area contributed by atoms with Gasteiger partial charge in [-0.15, -0.1) is 11.3 Å². The number of benzene rings is 1. The number of nitrogens with zero attached hydrogens (tertiary/aromatic N) is 1. The number of halogens is 1. The zero-order chi connectivity index (χ0) is 14.9. The molecule has 0 bridgehead atoms. The summed E-state index contributed by atoms with van der Waals surface area (Å²) >= 11 is 4.83. The van der Waals surface area contributed by atoms with E-state index in [0.29, 0.717) is 10.6 Å². The van der Waals surface area contributed by atoms with Crippen molar-refractivity contribution in [2.45, 2.75) is 19.8 Å². The molecule has 0 amide bonds. The Bertz CT molecular complexity index is 652. The summed E-state index contributed by atoms with van der Waals surface area (Å²) in [5, 5.41) is 10.1. The average Bonchev–Trinajstić information content (AvgIpc) is 2.84. The molecule has 1 N–H and O–H groups in total. The molecule has 1 aromatic carbocycles. The monoisotopic (exact) mass is 355 g/mol. The molecule has 1 aromatic heterocycles. The number of hydrogen-bond acceptors (Lipinski definition) is 4. The van der Waals surface area contributed by atoms with Crippen molar-refractivity contribution in [3.05, 3.63) is 33.4 Å². The van der Waals surface area contributed by atoms with E-state index in [1.165, 1.54) is 11.3 Å². The number of aromatic carboxylic acids is 1. The molecule has 0 atom stereocenters. The van der Waals surface area contributed by atoms with Gasteiger partial charge in [-0.1, -0.05) is 13.8 Å². The first-order valence-corrected chi connectivity index (χ1v) is 7.63. The highest BCUT2D eigenvalue weighted by Gasteiger charge is 2.20. The second-order valence-electron chi connectivity index (χ2n) is 4.54. The summed E-state index contributed by atoms with van der Waals surface area (Å²) in [5.74, 6) is -0.0946. The molecule has 0 saturated heterocycles. The Morgan fingerprint density at radius 3 is 2.65 bits per heavy atom. The van der Waals surface area contributed by atoms with Crippen LogP contribution in [0.2, 0.25) is 0 Å². The summed E-state index contributed by atoms with van der Waals surface area (Å²) in [6, 6.07) is 5.50. The fraction of sp³-hybridized carbons (Fsp3) is 0.286. The van der Waals surface area contributed by atoms with E-state index in [1.54, 1.807) is 13.2 Å². The van der Waals surface area contributed by atoms with Gasteiger partial charge in [-0.05, 0) is 39.7 Å². The smallest absolute Gasteiger partial charge is 0.356 e. The first-order valence-electron chi connectivity index (χ1n) is 6.02. The molecule has 4 nitrogen and oxygen atoms in total. The van der Waals surface area contributed by atoms with Crippen molar-refractivity contribution in [3.63, 3.8) is 0 Å². The summed E-state index contributed by atoms with van der Waals surface area (Å²) < 4.78 is 5.97. The molecule has 0 aliphatic rings. The predicted octanol–water partition coefficient (Wildman–Crippen LogP) is 4.40. The molecule has 20 heavy (non-hydrogen) atoms. The van der Waals surface area contributed by atoms with Crippen molar-refractivity contribution in [2.24, 2.45) is 0 Å². The number of thiazole rings is 1. The summed E-state index contributed by atoms with van der Waals surface area (Å²) in [5.41, 5.74) is 0.926. The van der Waals surface area contributed by atoms with Gasteiger partial charge in [0.2, 0.25) is 0 Å². The van der Waals surface area contributed by atoms with Crippen LogP contribution in [0.1, 0.15) is 35.3 Å².